The standard InChI is InChI=1S/C10H11F2NO4S2/c1-13(19(16,17)10(11)12)5-8-4-7(6-18-8)2-3-9(14)15/h2-4,6,10H,5H2,1H3,(H,14,15). The first-order valence-electron chi connectivity index (χ1n) is 4.95. The van der Waals surface area contributed by atoms with Gasteiger partial charge < -0.3 is 5.11 Å². The normalized spacial score (nSPS) is 12.7. The number of sulfonamides is 1. The molecule has 9 heteroatoms. The van der Waals surface area contributed by atoms with E-state index in [1.54, 1.807) is 11.4 Å². The number of nitrogens with zero attached hydrogens (tertiary/aromatic N) is 1. The highest BCUT2D eigenvalue weighted by Gasteiger charge is 2.29. The van der Waals surface area contributed by atoms with Crippen LogP contribution in [0.4, 0.5) is 8.78 Å². The minimum absolute atomic E-state index is 0.182. The van der Waals surface area contributed by atoms with E-state index in [1.807, 2.05) is 0 Å². The van der Waals surface area contributed by atoms with Gasteiger partial charge in [-0.2, -0.15) is 13.1 Å². The zero-order valence-corrected chi connectivity index (χ0v) is 11.4. The van der Waals surface area contributed by atoms with Crippen molar-refractivity contribution in [3.05, 3.63) is 28.0 Å². The third kappa shape index (κ3) is 4.37. The highest BCUT2D eigenvalue weighted by Crippen LogP contribution is 2.20. The number of thiophene rings is 1. The van der Waals surface area contributed by atoms with Gasteiger partial charge in [-0.05, 0) is 23.1 Å². The number of hydrogen-bond acceptors (Lipinski definition) is 4. The van der Waals surface area contributed by atoms with Crippen LogP contribution in [-0.4, -0.2) is 36.6 Å². The monoisotopic (exact) mass is 311 g/mol. The van der Waals surface area contributed by atoms with Crippen molar-refractivity contribution in [1.29, 1.82) is 0 Å². The molecule has 1 aromatic heterocycles. The number of hydrogen-bond donors (Lipinski definition) is 1. The molecule has 0 bridgehead atoms. The van der Waals surface area contributed by atoms with Gasteiger partial charge in [0.05, 0.1) is 0 Å². The Kier molecular flexibility index (Phi) is 5.15. The number of carboxylic acid groups (broad SMARTS) is 1. The summed E-state index contributed by atoms with van der Waals surface area (Å²) in [5.74, 6) is -4.56. The molecule has 0 radical (unpaired) electrons. The first kappa shape index (κ1) is 15.7. The zero-order chi connectivity index (χ0) is 14.6. The molecule has 1 heterocycles. The van der Waals surface area contributed by atoms with Crippen molar-refractivity contribution in [3.63, 3.8) is 0 Å². The molecule has 1 rings (SSSR count). The number of aliphatic carboxylic acids is 1. The molecule has 0 unspecified atom stereocenters. The smallest absolute Gasteiger partial charge is 0.350 e. The van der Waals surface area contributed by atoms with Crippen LogP contribution >= 0.6 is 11.3 Å². The molecule has 106 valence electrons. The molecule has 0 aromatic carbocycles. The molecule has 5 nitrogen and oxygen atoms in total. The largest absolute Gasteiger partial charge is 0.478 e. The Morgan fingerprint density at radius 3 is 2.74 bits per heavy atom. The van der Waals surface area contributed by atoms with Gasteiger partial charge in [0.1, 0.15) is 0 Å². The molecule has 0 aliphatic heterocycles. The van der Waals surface area contributed by atoms with Crippen LogP contribution in [0.5, 0.6) is 0 Å². The van der Waals surface area contributed by atoms with Crippen molar-refractivity contribution >= 4 is 33.4 Å². The SMILES string of the molecule is CN(Cc1cc(C=CC(=O)O)cs1)S(=O)(=O)C(F)F. The van der Waals surface area contributed by atoms with E-state index < -0.39 is 21.8 Å². The van der Waals surface area contributed by atoms with Gasteiger partial charge >= 0.3 is 11.7 Å². The molecule has 0 amide bonds. The lowest BCUT2D eigenvalue weighted by Gasteiger charge is -2.14. The average Bonchev–Trinajstić information content (AvgIpc) is 2.73. The second-order valence-electron chi connectivity index (χ2n) is 3.58. The topological polar surface area (TPSA) is 74.7 Å². The molecule has 0 spiro atoms. The summed E-state index contributed by atoms with van der Waals surface area (Å²) < 4.78 is 47.4. The fraction of sp³-hybridized carbons (Fsp3) is 0.300. The second kappa shape index (κ2) is 6.22. The van der Waals surface area contributed by atoms with Crippen LogP contribution in [0, 0.1) is 0 Å². The van der Waals surface area contributed by atoms with Crippen LogP contribution in [0.2, 0.25) is 0 Å². The van der Waals surface area contributed by atoms with Gasteiger partial charge in [0.2, 0.25) is 0 Å². The summed E-state index contributed by atoms with van der Waals surface area (Å²) in [6.07, 6.45) is 2.27. The zero-order valence-electron chi connectivity index (χ0n) is 9.79. The van der Waals surface area contributed by atoms with E-state index in [4.69, 9.17) is 5.11 Å². The molecule has 0 saturated heterocycles. The summed E-state index contributed by atoms with van der Waals surface area (Å²) >= 11 is 1.16. The third-order valence-corrected chi connectivity index (χ3v) is 4.52. The number of rotatable bonds is 6. The summed E-state index contributed by atoms with van der Waals surface area (Å²) in [6.45, 7) is -0.182. The summed E-state index contributed by atoms with van der Waals surface area (Å²) in [6, 6.07) is 1.54. The molecule has 1 aromatic rings. The average molecular weight is 311 g/mol. The van der Waals surface area contributed by atoms with E-state index in [1.165, 1.54) is 6.08 Å². The predicted octanol–water partition coefficient (Wildman–Crippen LogP) is 1.83. The maximum atomic E-state index is 12.3. The Hall–Kier alpha value is -1.32. The lowest BCUT2D eigenvalue weighted by molar-refractivity contribution is -0.131. The van der Waals surface area contributed by atoms with Gasteiger partial charge in [-0.3, -0.25) is 0 Å². The summed E-state index contributed by atoms with van der Waals surface area (Å²) in [5.41, 5.74) is 0.574. The van der Waals surface area contributed by atoms with Gasteiger partial charge in [0, 0.05) is 24.5 Å². The van der Waals surface area contributed by atoms with Crippen LogP contribution < -0.4 is 0 Å². The maximum Gasteiger partial charge on any atom is 0.350 e. The van der Waals surface area contributed by atoms with Crippen molar-refractivity contribution in [2.45, 2.75) is 12.3 Å². The van der Waals surface area contributed by atoms with Gasteiger partial charge in [0.15, 0.2) is 0 Å². The Labute approximate surface area is 112 Å². The lowest BCUT2D eigenvalue weighted by atomic mass is 10.3. The first-order valence-corrected chi connectivity index (χ1v) is 7.33. The van der Waals surface area contributed by atoms with Crippen LogP contribution in [0.15, 0.2) is 17.5 Å². The van der Waals surface area contributed by atoms with E-state index in [9.17, 15) is 22.0 Å². The van der Waals surface area contributed by atoms with Crippen LogP contribution in [0.3, 0.4) is 0 Å². The van der Waals surface area contributed by atoms with Crippen LogP contribution in [-0.2, 0) is 21.4 Å². The molecule has 0 aliphatic carbocycles. The highest BCUT2D eigenvalue weighted by atomic mass is 32.2. The van der Waals surface area contributed by atoms with Crippen molar-refractivity contribution in [2.75, 3.05) is 7.05 Å². The van der Waals surface area contributed by atoms with E-state index in [0.29, 0.717) is 14.7 Å². The van der Waals surface area contributed by atoms with Crippen molar-refractivity contribution < 1.29 is 27.1 Å². The Morgan fingerprint density at radius 2 is 2.21 bits per heavy atom. The summed E-state index contributed by atoms with van der Waals surface area (Å²) in [5, 5.41) is 10.0. The van der Waals surface area contributed by atoms with Crippen molar-refractivity contribution in [1.82, 2.24) is 4.31 Å². The lowest BCUT2D eigenvalue weighted by Crippen LogP contribution is -2.31. The van der Waals surface area contributed by atoms with E-state index >= 15 is 0 Å². The summed E-state index contributed by atoms with van der Waals surface area (Å²) in [4.78, 5) is 10.8. The van der Waals surface area contributed by atoms with Gasteiger partial charge in [-0.1, -0.05) is 0 Å². The third-order valence-electron chi connectivity index (χ3n) is 2.13. The molecular formula is C10H11F2NO4S2. The quantitative estimate of drug-likeness (QED) is 0.813. The molecule has 19 heavy (non-hydrogen) atoms. The van der Waals surface area contributed by atoms with Gasteiger partial charge in [-0.25, -0.2) is 13.2 Å². The molecule has 0 aliphatic rings. The number of alkyl halides is 2. The first-order chi connectivity index (χ1) is 8.73. The number of carboxylic acids is 1. The van der Waals surface area contributed by atoms with Crippen LogP contribution in [0.1, 0.15) is 10.4 Å². The van der Waals surface area contributed by atoms with E-state index in [2.05, 4.69) is 0 Å². The molecule has 0 atom stereocenters. The molecular weight excluding hydrogens is 300 g/mol. The van der Waals surface area contributed by atoms with Gasteiger partial charge in [-0.15, -0.1) is 11.3 Å². The number of carbonyl (C=O) groups is 1. The second-order valence-corrected chi connectivity index (χ2v) is 6.58. The molecule has 0 saturated carbocycles. The summed E-state index contributed by atoms with van der Waals surface area (Å²) in [7, 11) is -3.53. The predicted molar refractivity (Wildman–Crippen MR) is 67.4 cm³/mol. The van der Waals surface area contributed by atoms with Crippen molar-refractivity contribution in [3.8, 4) is 0 Å². The van der Waals surface area contributed by atoms with E-state index in [0.717, 1.165) is 24.5 Å². The van der Waals surface area contributed by atoms with Crippen LogP contribution in [0.25, 0.3) is 6.08 Å². The Balaban J connectivity index is 2.77. The number of halogens is 2. The van der Waals surface area contributed by atoms with Gasteiger partial charge in [0.25, 0.3) is 10.0 Å². The minimum Gasteiger partial charge on any atom is -0.478 e. The van der Waals surface area contributed by atoms with E-state index in [-0.39, 0.29) is 6.54 Å². The molecule has 0 fully saturated rings. The van der Waals surface area contributed by atoms with Crippen molar-refractivity contribution in [2.24, 2.45) is 0 Å². The fourth-order valence-electron chi connectivity index (χ4n) is 1.18. The highest BCUT2D eigenvalue weighted by molar-refractivity contribution is 7.89. The maximum absolute atomic E-state index is 12.3. The minimum atomic E-state index is -4.60. The Bertz CT molecular complexity index is 580. The Morgan fingerprint density at radius 1 is 1.58 bits per heavy atom. The molecule has 1 N–H and O–H groups in total. The fourth-order valence-corrected chi connectivity index (χ4v) is 2.76.